The van der Waals surface area contributed by atoms with E-state index in [0.717, 1.165) is 22.3 Å². The highest BCUT2D eigenvalue weighted by molar-refractivity contribution is 7.99. The molecule has 0 saturated heterocycles. The molecule has 3 unspecified atom stereocenters. The summed E-state index contributed by atoms with van der Waals surface area (Å²) in [4.78, 5) is 17.9. The van der Waals surface area contributed by atoms with Gasteiger partial charge < -0.3 is 9.47 Å². The molecule has 0 aliphatic heterocycles. The average Bonchev–Trinajstić information content (AvgIpc) is 2.84. The van der Waals surface area contributed by atoms with Crippen LogP contribution in [0.5, 0.6) is 0 Å². The van der Waals surface area contributed by atoms with E-state index in [1.807, 2.05) is 55.5 Å². The molecule has 0 aliphatic rings. The summed E-state index contributed by atoms with van der Waals surface area (Å²) in [5.74, 6) is -0.0293. The molecule has 3 atom stereocenters. The molecule has 0 N–H and O–H groups in total. The molecular formula is C26H31NO4PS+. The number of thioether (sulfide) groups is 1. The van der Waals surface area contributed by atoms with Gasteiger partial charge in [0.2, 0.25) is 5.60 Å². The summed E-state index contributed by atoms with van der Waals surface area (Å²) in [5.41, 5.74) is 0.879. The van der Waals surface area contributed by atoms with E-state index in [2.05, 4.69) is 18.2 Å². The van der Waals surface area contributed by atoms with E-state index in [1.54, 1.807) is 18.7 Å². The highest BCUT2D eigenvalue weighted by Crippen LogP contribution is 2.36. The molecule has 33 heavy (non-hydrogen) atoms. The lowest BCUT2D eigenvalue weighted by molar-refractivity contribution is -0.175. The number of fused-ring (bicyclic) bond motifs is 1. The highest BCUT2D eigenvalue weighted by Gasteiger charge is 2.51. The third-order valence-electron chi connectivity index (χ3n) is 5.65. The van der Waals surface area contributed by atoms with Crippen molar-refractivity contribution >= 4 is 37.1 Å². The Morgan fingerprint density at radius 2 is 1.79 bits per heavy atom. The van der Waals surface area contributed by atoms with Crippen LogP contribution in [0, 0.1) is 5.92 Å². The van der Waals surface area contributed by atoms with Crippen LogP contribution in [-0.4, -0.2) is 41.7 Å². The fourth-order valence-electron chi connectivity index (χ4n) is 3.98. The first-order valence-corrected chi connectivity index (χ1v) is 13.4. The SMILES string of the molecule is CCOC(=O)C(C[PH+]=O)(OCC)C(CCc1ccccc1)CSc1ccc2ccccc2n1. The van der Waals surface area contributed by atoms with Crippen molar-refractivity contribution in [1.82, 2.24) is 4.98 Å². The van der Waals surface area contributed by atoms with Crippen LogP contribution in [0.15, 0.2) is 71.8 Å². The first kappa shape index (κ1) is 25.4. The number of para-hydroxylation sites is 1. The Balaban J connectivity index is 1.89. The van der Waals surface area contributed by atoms with Crippen molar-refractivity contribution < 1.29 is 18.8 Å². The van der Waals surface area contributed by atoms with E-state index in [0.29, 0.717) is 18.8 Å². The second-order valence-corrected chi connectivity index (χ2v) is 9.42. The predicted octanol–water partition coefficient (Wildman–Crippen LogP) is 5.94. The van der Waals surface area contributed by atoms with Gasteiger partial charge >= 0.3 is 14.4 Å². The molecule has 0 bridgehead atoms. The highest BCUT2D eigenvalue weighted by atomic mass is 32.2. The number of carbonyl (C=O) groups is 1. The van der Waals surface area contributed by atoms with Crippen molar-refractivity contribution in [2.75, 3.05) is 25.1 Å². The minimum atomic E-state index is -1.25. The zero-order valence-electron chi connectivity index (χ0n) is 19.2. The van der Waals surface area contributed by atoms with Crippen LogP contribution < -0.4 is 0 Å². The third kappa shape index (κ3) is 6.63. The molecule has 2 aromatic carbocycles. The fraction of sp³-hybridized carbons (Fsp3) is 0.385. The van der Waals surface area contributed by atoms with E-state index in [4.69, 9.17) is 14.5 Å². The topological polar surface area (TPSA) is 65.5 Å². The lowest BCUT2D eigenvalue weighted by Gasteiger charge is -2.35. The summed E-state index contributed by atoms with van der Waals surface area (Å²) in [7, 11) is -0.663. The van der Waals surface area contributed by atoms with Crippen LogP contribution in [0.25, 0.3) is 10.9 Å². The fourth-order valence-corrected chi connectivity index (χ4v) is 5.86. The molecule has 174 valence electrons. The van der Waals surface area contributed by atoms with Crippen LogP contribution >= 0.6 is 20.2 Å². The van der Waals surface area contributed by atoms with Crippen molar-refractivity contribution in [3.8, 4) is 0 Å². The molecule has 1 aromatic heterocycles. The standard InChI is InChI=1S/C26H30NO4PS/c1-3-30-25(28)26(19-32-29,31-4-2)22(16-14-20-10-6-5-7-11-20)18-33-24-17-15-21-12-8-9-13-23(21)27-24/h5-13,15,17,22H,3-4,14,16,18-19H2,1-2H3/p+1. The van der Waals surface area contributed by atoms with Crippen LogP contribution in [0.1, 0.15) is 25.8 Å². The van der Waals surface area contributed by atoms with Crippen molar-refractivity contribution in [3.63, 3.8) is 0 Å². The number of hydrogen-bond acceptors (Lipinski definition) is 6. The van der Waals surface area contributed by atoms with Crippen molar-refractivity contribution in [3.05, 3.63) is 72.3 Å². The summed E-state index contributed by atoms with van der Waals surface area (Å²) in [5, 5.41) is 1.97. The molecule has 3 aromatic rings. The Hall–Kier alpha value is -2.27. The third-order valence-corrected chi connectivity index (χ3v) is 7.41. The number of carbonyl (C=O) groups excluding carboxylic acids is 1. The number of ether oxygens (including phenoxy) is 2. The second kappa shape index (κ2) is 12.8. The number of esters is 1. The first-order valence-electron chi connectivity index (χ1n) is 11.3. The molecule has 0 saturated carbocycles. The molecule has 1 heterocycles. The number of hydrogen-bond donors (Lipinski definition) is 0. The largest absolute Gasteiger partial charge is 0.464 e. The average molecular weight is 485 g/mol. The first-order chi connectivity index (χ1) is 16.1. The Bertz CT molecular complexity index is 1050. The molecule has 3 rings (SSSR count). The maximum Gasteiger partial charge on any atom is 0.343 e. The van der Waals surface area contributed by atoms with Crippen LogP contribution in [0.3, 0.4) is 0 Å². The molecule has 5 nitrogen and oxygen atoms in total. The van der Waals surface area contributed by atoms with Crippen molar-refractivity contribution in [1.29, 1.82) is 0 Å². The number of pyridine rings is 1. The zero-order chi connectivity index (χ0) is 23.5. The van der Waals surface area contributed by atoms with Gasteiger partial charge in [-0.1, -0.05) is 59.2 Å². The monoisotopic (exact) mass is 484 g/mol. The van der Waals surface area contributed by atoms with Crippen LogP contribution in [0.4, 0.5) is 0 Å². The number of rotatable bonds is 13. The summed E-state index contributed by atoms with van der Waals surface area (Å²) >= 11 is 1.59. The van der Waals surface area contributed by atoms with E-state index in [-0.39, 0.29) is 18.7 Å². The van der Waals surface area contributed by atoms with Gasteiger partial charge in [0.1, 0.15) is 0 Å². The molecule has 0 aliphatic carbocycles. The van der Waals surface area contributed by atoms with E-state index >= 15 is 0 Å². The van der Waals surface area contributed by atoms with E-state index < -0.39 is 20.0 Å². The predicted molar refractivity (Wildman–Crippen MR) is 136 cm³/mol. The second-order valence-electron chi connectivity index (χ2n) is 7.74. The van der Waals surface area contributed by atoms with Gasteiger partial charge in [0.25, 0.3) is 0 Å². The van der Waals surface area contributed by atoms with Gasteiger partial charge in [-0.25, -0.2) is 9.78 Å². The Kier molecular flexibility index (Phi) is 9.86. The summed E-state index contributed by atoms with van der Waals surface area (Å²) < 4.78 is 23.4. The molecule has 0 fully saturated rings. The van der Waals surface area contributed by atoms with Gasteiger partial charge in [-0.15, -0.1) is 11.8 Å². The van der Waals surface area contributed by atoms with E-state index in [1.165, 1.54) is 5.56 Å². The summed E-state index contributed by atoms with van der Waals surface area (Å²) in [6, 6.07) is 22.2. The Morgan fingerprint density at radius 1 is 1.03 bits per heavy atom. The zero-order valence-corrected chi connectivity index (χ0v) is 21.0. The Labute approximate surface area is 201 Å². The van der Waals surface area contributed by atoms with Gasteiger partial charge in [0.05, 0.1) is 17.1 Å². The normalized spacial score (nSPS) is 14.1. The van der Waals surface area contributed by atoms with E-state index in [9.17, 15) is 9.36 Å². The lowest BCUT2D eigenvalue weighted by Crippen LogP contribution is -2.52. The van der Waals surface area contributed by atoms with Gasteiger partial charge in [-0.05, 0) is 44.4 Å². The maximum absolute atomic E-state index is 13.2. The molecule has 7 heteroatoms. The number of nitrogens with zero attached hydrogens (tertiary/aromatic N) is 1. The molecule has 0 spiro atoms. The quantitative estimate of drug-likeness (QED) is 0.170. The maximum atomic E-state index is 13.2. The molecular weight excluding hydrogens is 453 g/mol. The molecule has 0 amide bonds. The van der Waals surface area contributed by atoms with Crippen molar-refractivity contribution in [2.45, 2.75) is 37.3 Å². The number of aryl methyl sites for hydroxylation is 1. The minimum Gasteiger partial charge on any atom is -0.464 e. The van der Waals surface area contributed by atoms with Gasteiger partial charge in [0.15, 0.2) is 6.16 Å². The summed E-state index contributed by atoms with van der Waals surface area (Å²) in [6.45, 7) is 4.22. The van der Waals surface area contributed by atoms with Crippen LogP contribution in [-0.2, 0) is 25.3 Å². The number of benzene rings is 2. The molecule has 0 radical (unpaired) electrons. The number of aromatic nitrogens is 1. The minimum absolute atomic E-state index is 0.116. The Morgan fingerprint density at radius 3 is 2.52 bits per heavy atom. The summed E-state index contributed by atoms with van der Waals surface area (Å²) in [6.07, 6.45) is 1.60. The van der Waals surface area contributed by atoms with Crippen molar-refractivity contribution in [2.24, 2.45) is 5.92 Å². The van der Waals surface area contributed by atoms with Gasteiger partial charge in [-0.2, -0.15) is 0 Å². The smallest absolute Gasteiger partial charge is 0.343 e. The van der Waals surface area contributed by atoms with Gasteiger partial charge in [0, 0.05) is 23.7 Å². The van der Waals surface area contributed by atoms with Gasteiger partial charge in [-0.3, -0.25) is 0 Å². The lowest BCUT2D eigenvalue weighted by atomic mass is 9.85. The van der Waals surface area contributed by atoms with Crippen LogP contribution in [0.2, 0.25) is 0 Å².